The number of nitrogens with zero attached hydrogens (tertiary/aromatic N) is 1. The highest BCUT2D eigenvalue weighted by Gasteiger charge is 2.40. The molecule has 9 nitrogen and oxygen atoms in total. The predicted molar refractivity (Wildman–Crippen MR) is 95.6 cm³/mol. The van der Waals surface area contributed by atoms with Gasteiger partial charge < -0.3 is 18.9 Å². The van der Waals surface area contributed by atoms with E-state index in [4.69, 9.17) is 25.4 Å². The van der Waals surface area contributed by atoms with Crippen LogP contribution in [0.3, 0.4) is 0 Å². The minimum atomic E-state index is -4.97. The Hall–Kier alpha value is -2.78. The number of halogens is 3. The number of rotatable bonds is 8. The summed E-state index contributed by atoms with van der Waals surface area (Å²) >= 11 is 0. The number of aromatic amines is 1. The van der Waals surface area contributed by atoms with E-state index >= 15 is 0 Å². The van der Waals surface area contributed by atoms with E-state index in [1.54, 1.807) is 4.98 Å². The lowest BCUT2D eigenvalue weighted by Gasteiger charge is -2.18. The van der Waals surface area contributed by atoms with Gasteiger partial charge in [0.1, 0.15) is 31.1 Å². The fourth-order valence-electron chi connectivity index (χ4n) is 2.74. The molecule has 2 heterocycles. The van der Waals surface area contributed by atoms with Crippen LogP contribution in [0.25, 0.3) is 0 Å². The molecule has 0 aromatic carbocycles. The Morgan fingerprint density at radius 2 is 2.13 bits per heavy atom. The van der Waals surface area contributed by atoms with Crippen molar-refractivity contribution in [3.05, 3.63) is 32.6 Å². The molecule has 0 unspecified atom stereocenters. The number of H-pyrrole nitrogens is 1. The number of carbonyl (C=O) groups is 1. The molecule has 1 aromatic heterocycles. The first-order valence-corrected chi connectivity index (χ1v) is 9.10. The molecule has 0 saturated carbocycles. The summed E-state index contributed by atoms with van der Waals surface area (Å²) < 4.78 is 60.4. The number of alkyl halides is 3. The van der Waals surface area contributed by atoms with Crippen LogP contribution in [-0.2, 0) is 25.1 Å². The molecule has 1 aromatic rings. The molecule has 1 aliphatic rings. The Morgan fingerprint density at radius 3 is 2.77 bits per heavy atom. The first-order valence-electron chi connectivity index (χ1n) is 9.10. The maximum atomic E-state index is 13.0. The van der Waals surface area contributed by atoms with Crippen molar-refractivity contribution >= 4 is 6.16 Å². The second-order valence-electron chi connectivity index (χ2n) is 6.39. The van der Waals surface area contributed by atoms with E-state index < -0.39 is 47.6 Å². The molecule has 166 valence electrons. The van der Waals surface area contributed by atoms with Crippen LogP contribution >= 0.6 is 0 Å². The fraction of sp³-hybridized carbons (Fsp3) is 0.611. The maximum Gasteiger partial charge on any atom is 0.508 e. The van der Waals surface area contributed by atoms with Crippen LogP contribution in [0.5, 0.6) is 0 Å². The molecular weight excluding hydrogens is 413 g/mol. The van der Waals surface area contributed by atoms with Crippen molar-refractivity contribution in [2.45, 2.75) is 50.8 Å². The van der Waals surface area contributed by atoms with Crippen LogP contribution < -0.4 is 11.2 Å². The summed E-state index contributed by atoms with van der Waals surface area (Å²) in [7, 11) is 0. The Bertz CT molecular complexity index is 887. The molecule has 0 spiro atoms. The predicted octanol–water partition coefficient (Wildman–Crippen LogP) is 1.81. The molecule has 1 fully saturated rings. The van der Waals surface area contributed by atoms with Gasteiger partial charge in [0.2, 0.25) is 0 Å². The molecule has 0 amide bonds. The third-order valence-electron chi connectivity index (χ3n) is 4.23. The summed E-state index contributed by atoms with van der Waals surface area (Å²) in [5, 5.41) is 0. The summed E-state index contributed by atoms with van der Waals surface area (Å²) in [4.78, 5) is 36.7. The first-order chi connectivity index (χ1) is 14.2. The van der Waals surface area contributed by atoms with E-state index in [9.17, 15) is 27.6 Å². The van der Waals surface area contributed by atoms with Crippen molar-refractivity contribution < 1.29 is 36.9 Å². The van der Waals surface area contributed by atoms with Crippen molar-refractivity contribution in [3.8, 4) is 12.3 Å². The molecular formula is C18H21F3N2O7. The number of ether oxygens (including phenoxy) is 4. The highest BCUT2D eigenvalue weighted by Crippen LogP contribution is 2.32. The van der Waals surface area contributed by atoms with Gasteiger partial charge in [0.15, 0.2) is 0 Å². The normalized spacial score (nSPS) is 21.2. The van der Waals surface area contributed by atoms with Gasteiger partial charge in [0.05, 0.1) is 12.7 Å². The summed E-state index contributed by atoms with van der Waals surface area (Å²) in [5.74, 6) is 2.24. The number of aromatic nitrogens is 2. The van der Waals surface area contributed by atoms with E-state index in [2.05, 4.69) is 5.92 Å². The third kappa shape index (κ3) is 6.11. The van der Waals surface area contributed by atoms with Gasteiger partial charge >= 0.3 is 18.0 Å². The molecule has 0 aliphatic carbocycles. The SMILES string of the molecule is C#CCO[C@H]1C[C@H](n2cc(C(F)(F)F)c(=O)[nH]c2=O)O[C@@H]1COC(=O)OCCCC. The quantitative estimate of drug-likeness (QED) is 0.378. The van der Waals surface area contributed by atoms with E-state index in [1.165, 1.54) is 0 Å². The van der Waals surface area contributed by atoms with Crippen LogP contribution in [0.1, 0.15) is 38.0 Å². The lowest BCUT2D eigenvalue weighted by atomic mass is 10.2. The van der Waals surface area contributed by atoms with E-state index in [1.807, 2.05) is 6.92 Å². The van der Waals surface area contributed by atoms with Gasteiger partial charge in [-0.2, -0.15) is 13.2 Å². The van der Waals surface area contributed by atoms with Crippen molar-refractivity contribution in [1.82, 2.24) is 9.55 Å². The van der Waals surface area contributed by atoms with Crippen LogP contribution in [0.4, 0.5) is 18.0 Å². The largest absolute Gasteiger partial charge is 0.508 e. The van der Waals surface area contributed by atoms with Crippen molar-refractivity contribution in [1.29, 1.82) is 0 Å². The van der Waals surface area contributed by atoms with Crippen molar-refractivity contribution in [2.24, 2.45) is 0 Å². The topological polar surface area (TPSA) is 109 Å². The smallest absolute Gasteiger partial charge is 0.434 e. The molecule has 1 N–H and O–H groups in total. The zero-order chi connectivity index (χ0) is 22.3. The lowest BCUT2D eigenvalue weighted by Crippen LogP contribution is -2.36. The highest BCUT2D eigenvalue weighted by atomic mass is 19.4. The molecule has 0 bridgehead atoms. The Balaban J connectivity index is 2.15. The van der Waals surface area contributed by atoms with E-state index in [0.29, 0.717) is 17.2 Å². The van der Waals surface area contributed by atoms with Gasteiger partial charge in [-0.15, -0.1) is 6.42 Å². The van der Waals surface area contributed by atoms with Gasteiger partial charge in [0.25, 0.3) is 5.56 Å². The van der Waals surface area contributed by atoms with E-state index in [-0.39, 0.29) is 26.2 Å². The van der Waals surface area contributed by atoms with Gasteiger partial charge in [-0.05, 0) is 6.42 Å². The van der Waals surface area contributed by atoms with Gasteiger partial charge in [0, 0.05) is 12.6 Å². The first kappa shape index (κ1) is 23.5. The molecule has 2 rings (SSSR count). The van der Waals surface area contributed by atoms with Gasteiger partial charge in [-0.3, -0.25) is 14.3 Å². The zero-order valence-corrected chi connectivity index (χ0v) is 16.1. The summed E-state index contributed by atoms with van der Waals surface area (Å²) in [6, 6.07) is 0. The van der Waals surface area contributed by atoms with Crippen LogP contribution in [0.15, 0.2) is 15.8 Å². The third-order valence-corrected chi connectivity index (χ3v) is 4.23. The number of hydrogen-bond acceptors (Lipinski definition) is 7. The van der Waals surface area contributed by atoms with E-state index in [0.717, 1.165) is 6.42 Å². The zero-order valence-electron chi connectivity index (χ0n) is 16.1. The molecule has 30 heavy (non-hydrogen) atoms. The molecule has 1 aliphatic heterocycles. The number of unbranched alkanes of at least 4 members (excludes halogenated alkanes) is 1. The van der Waals surface area contributed by atoms with Crippen LogP contribution in [0.2, 0.25) is 0 Å². The Morgan fingerprint density at radius 1 is 1.40 bits per heavy atom. The number of nitrogens with one attached hydrogen (secondary N) is 1. The molecule has 1 saturated heterocycles. The van der Waals surface area contributed by atoms with Crippen molar-refractivity contribution in [3.63, 3.8) is 0 Å². The Kier molecular flexibility index (Phi) is 8.08. The van der Waals surface area contributed by atoms with Gasteiger partial charge in [-0.25, -0.2) is 9.59 Å². The summed E-state index contributed by atoms with van der Waals surface area (Å²) in [6.45, 7) is 1.62. The molecule has 12 heteroatoms. The Labute approximate surface area is 169 Å². The fourth-order valence-corrected chi connectivity index (χ4v) is 2.74. The highest BCUT2D eigenvalue weighted by molar-refractivity contribution is 5.59. The average Bonchev–Trinajstić information content (AvgIpc) is 3.06. The minimum absolute atomic E-state index is 0.0656. The molecule has 0 radical (unpaired) electrons. The minimum Gasteiger partial charge on any atom is -0.434 e. The molecule has 3 atom stereocenters. The number of hydrogen-bond donors (Lipinski definition) is 1. The van der Waals surface area contributed by atoms with Crippen LogP contribution in [0, 0.1) is 12.3 Å². The summed E-state index contributed by atoms with van der Waals surface area (Å²) in [5.41, 5.74) is -4.20. The second kappa shape index (κ2) is 10.3. The number of carbonyl (C=O) groups excluding carboxylic acids is 1. The summed E-state index contributed by atoms with van der Waals surface area (Å²) in [6.07, 6.45) is -1.87. The second-order valence-corrected chi connectivity index (χ2v) is 6.39. The number of terminal acetylenes is 1. The van der Waals surface area contributed by atoms with Crippen LogP contribution in [-0.4, -0.2) is 47.7 Å². The van der Waals surface area contributed by atoms with Gasteiger partial charge in [-0.1, -0.05) is 19.3 Å². The standard InChI is InChI=1S/C18H21F3N2O7/c1-3-5-7-28-17(26)29-10-13-12(27-6-4-2)8-14(30-13)23-9-11(18(19,20)21)15(24)22-16(23)25/h2,9,12-14H,3,5-8,10H2,1H3,(H,22,24,25)/t12-,13+,14+/m0/s1. The monoisotopic (exact) mass is 434 g/mol. The lowest BCUT2D eigenvalue weighted by molar-refractivity contribution is -0.139. The average molecular weight is 434 g/mol. The van der Waals surface area contributed by atoms with Crippen molar-refractivity contribution in [2.75, 3.05) is 19.8 Å². The maximum absolute atomic E-state index is 13.0.